The fourth-order valence-electron chi connectivity index (χ4n) is 1.13. The van der Waals surface area contributed by atoms with Gasteiger partial charge in [0.25, 0.3) is 0 Å². The van der Waals surface area contributed by atoms with Crippen LogP contribution in [-0.4, -0.2) is 17.2 Å². The summed E-state index contributed by atoms with van der Waals surface area (Å²) in [5, 5.41) is 9.50. The Kier molecular flexibility index (Phi) is 3.97. The van der Waals surface area contributed by atoms with Crippen molar-refractivity contribution in [3.8, 4) is 5.75 Å². The standard InChI is InChI=1S/C11H13ClO3/c1-7(2)10(11(13)14)15-9-5-3-8(12)4-6-9/h3-7,10H,1-2H3,(H,13,14)/t10-/m0/s1. The van der Waals surface area contributed by atoms with Crippen molar-refractivity contribution < 1.29 is 14.6 Å². The molecule has 0 unspecified atom stereocenters. The third-order valence-corrected chi connectivity index (χ3v) is 2.18. The number of carbonyl (C=O) groups is 1. The molecule has 1 atom stereocenters. The first kappa shape index (κ1) is 11.9. The lowest BCUT2D eigenvalue weighted by Crippen LogP contribution is -2.32. The van der Waals surface area contributed by atoms with Crippen LogP contribution in [0.5, 0.6) is 5.75 Å². The van der Waals surface area contributed by atoms with Gasteiger partial charge >= 0.3 is 5.97 Å². The molecule has 0 aliphatic carbocycles. The summed E-state index contributed by atoms with van der Waals surface area (Å²) >= 11 is 5.70. The molecule has 0 heterocycles. The molecule has 3 nitrogen and oxygen atoms in total. The molecule has 0 aliphatic heterocycles. The van der Waals surface area contributed by atoms with Crippen LogP contribution in [0.3, 0.4) is 0 Å². The fourth-order valence-corrected chi connectivity index (χ4v) is 1.26. The zero-order chi connectivity index (χ0) is 11.4. The number of benzene rings is 1. The predicted molar refractivity (Wildman–Crippen MR) is 58.3 cm³/mol. The van der Waals surface area contributed by atoms with Gasteiger partial charge in [-0.15, -0.1) is 0 Å². The highest BCUT2D eigenvalue weighted by Crippen LogP contribution is 2.19. The van der Waals surface area contributed by atoms with E-state index in [-0.39, 0.29) is 5.92 Å². The van der Waals surface area contributed by atoms with Crippen molar-refractivity contribution >= 4 is 17.6 Å². The SMILES string of the molecule is CC(C)[C@H](Oc1ccc(Cl)cc1)C(=O)O. The lowest BCUT2D eigenvalue weighted by Gasteiger charge is -2.18. The summed E-state index contributed by atoms with van der Waals surface area (Å²) in [5.41, 5.74) is 0. The summed E-state index contributed by atoms with van der Waals surface area (Å²) < 4.78 is 5.33. The number of carboxylic acids is 1. The van der Waals surface area contributed by atoms with Gasteiger partial charge in [0.1, 0.15) is 5.75 Å². The van der Waals surface area contributed by atoms with Crippen LogP contribution in [-0.2, 0) is 4.79 Å². The van der Waals surface area contributed by atoms with Gasteiger partial charge in [0, 0.05) is 10.9 Å². The minimum absolute atomic E-state index is 0.0850. The topological polar surface area (TPSA) is 46.5 Å². The Balaban J connectivity index is 2.74. The molecule has 0 spiro atoms. The van der Waals surface area contributed by atoms with Gasteiger partial charge in [0.2, 0.25) is 0 Å². The van der Waals surface area contributed by atoms with Crippen LogP contribution in [0.15, 0.2) is 24.3 Å². The highest BCUT2D eigenvalue weighted by atomic mass is 35.5. The quantitative estimate of drug-likeness (QED) is 0.862. The average Bonchev–Trinajstić information content (AvgIpc) is 2.15. The third kappa shape index (κ3) is 3.44. The zero-order valence-corrected chi connectivity index (χ0v) is 9.36. The van der Waals surface area contributed by atoms with Crippen LogP contribution < -0.4 is 4.74 Å². The van der Waals surface area contributed by atoms with Crippen molar-refractivity contribution in [2.24, 2.45) is 5.92 Å². The number of carboxylic acid groups (broad SMARTS) is 1. The molecule has 0 aliphatic rings. The third-order valence-electron chi connectivity index (χ3n) is 1.93. The van der Waals surface area contributed by atoms with Crippen LogP contribution in [0, 0.1) is 5.92 Å². The van der Waals surface area contributed by atoms with Crippen molar-refractivity contribution in [1.82, 2.24) is 0 Å². The maximum atomic E-state index is 10.9. The van der Waals surface area contributed by atoms with E-state index in [1.54, 1.807) is 38.1 Å². The molecular weight excluding hydrogens is 216 g/mol. The summed E-state index contributed by atoms with van der Waals surface area (Å²) in [6.07, 6.45) is -0.828. The zero-order valence-electron chi connectivity index (χ0n) is 8.61. The minimum Gasteiger partial charge on any atom is -0.478 e. The van der Waals surface area contributed by atoms with Gasteiger partial charge in [-0.2, -0.15) is 0 Å². The van der Waals surface area contributed by atoms with E-state index in [1.165, 1.54) is 0 Å². The highest BCUT2D eigenvalue weighted by Gasteiger charge is 2.23. The van der Waals surface area contributed by atoms with E-state index in [2.05, 4.69) is 0 Å². The maximum Gasteiger partial charge on any atom is 0.345 e. The van der Waals surface area contributed by atoms with Crippen LogP contribution in [0.4, 0.5) is 0 Å². The largest absolute Gasteiger partial charge is 0.478 e. The maximum absolute atomic E-state index is 10.9. The van der Waals surface area contributed by atoms with E-state index in [1.807, 2.05) is 0 Å². The molecule has 0 bridgehead atoms. The van der Waals surface area contributed by atoms with Gasteiger partial charge in [-0.25, -0.2) is 4.79 Å². The van der Waals surface area contributed by atoms with Crippen molar-refractivity contribution in [3.63, 3.8) is 0 Å². The molecule has 4 heteroatoms. The molecule has 0 fully saturated rings. The van der Waals surface area contributed by atoms with E-state index in [0.29, 0.717) is 10.8 Å². The number of aliphatic carboxylic acids is 1. The summed E-state index contributed by atoms with van der Waals surface area (Å²) in [6, 6.07) is 6.63. The van der Waals surface area contributed by atoms with Gasteiger partial charge < -0.3 is 9.84 Å². The van der Waals surface area contributed by atoms with Gasteiger partial charge in [-0.1, -0.05) is 25.4 Å². The predicted octanol–water partition coefficient (Wildman–Crippen LogP) is 2.83. The average molecular weight is 229 g/mol. The molecule has 0 saturated carbocycles. The van der Waals surface area contributed by atoms with Gasteiger partial charge in [0.15, 0.2) is 6.10 Å². The molecule has 15 heavy (non-hydrogen) atoms. The molecule has 82 valence electrons. The first-order valence-electron chi connectivity index (χ1n) is 4.65. The molecule has 1 rings (SSSR count). The van der Waals surface area contributed by atoms with Gasteiger partial charge in [-0.3, -0.25) is 0 Å². The Hall–Kier alpha value is -1.22. The number of rotatable bonds is 4. The molecule has 1 aromatic carbocycles. The number of ether oxygens (including phenoxy) is 1. The second-order valence-corrected chi connectivity index (χ2v) is 4.01. The van der Waals surface area contributed by atoms with Crippen LogP contribution >= 0.6 is 11.6 Å². The van der Waals surface area contributed by atoms with E-state index < -0.39 is 12.1 Å². The monoisotopic (exact) mass is 228 g/mol. The number of hydrogen-bond acceptors (Lipinski definition) is 2. The number of halogens is 1. The molecule has 0 amide bonds. The Bertz CT molecular complexity index is 332. The molecule has 0 saturated heterocycles. The lowest BCUT2D eigenvalue weighted by molar-refractivity contribution is -0.147. The summed E-state index contributed by atoms with van der Waals surface area (Å²) in [7, 11) is 0. The van der Waals surface area contributed by atoms with Crippen molar-refractivity contribution in [3.05, 3.63) is 29.3 Å². The van der Waals surface area contributed by atoms with E-state index in [9.17, 15) is 4.79 Å². The Labute approximate surface area is 93.6 Å². The highest BCUT2D eigenvalue weighted by molar-refractivity contribution is 6.30. The number of hydrogen-bond donors (Lipinski definition) is 1. The molecule has 1 aromatic rings. The van der Waals surface area contributed by atoms with Crippen molar-refractivity contribution in [1.29, 1.82) is 0 Å². The second kappa shape index (κ2) is 5.03. The lowest BCUT2D eigenvalue weighted by atomic mass is 10.1. The summed E-state index contributed by atoms with van der Waals surface area (Å²) in [4.78, 5) is 10.9. The second-order valence-electron chi connectivity index (χ2n) is 3.57. The van der Waals surface area contributed by atoms with Gasteiger partial charge in [-0.05, 0) is 24.3 Å². The smallest absolute Gasteiger partial charge is 0.345 e. The first-order valence-corrected chi connectivity index (χ1v) is 5.03. The molecule has 0 aromatic heterocycles. The van der Waals surface area contributed by atoms with Crippen molar-refractivity contribution in [2.45, 2.75) is 20.0 Å². The van der Waals surface area contributed by atoms with E-state index in [0.717, 1.165) is 0 Å². The van der Waals surface area contributed by atoms with Gasteiger partial charge in [0.05, 0.1) is 0 Å². The fraction of sp³-hybridized carbons (Fsp3) is 0.364. The Morgan fingerprint density at radius 1 is 1.33 bits per heavy atom. The Morgan fingerprint density at radius 3 is 2.27 bits per heavy atom. The molecule has 0 radical (unpaired) electrons. The van der Waals surface area contributed by atoms with Crippen LogP contribution in [0.1, 0.15) is 13.8 Å². The minimum atomic E-state index is -0.958. The van der Waals surface area contributed by atoms with E-state index in [4.69, 9.17) is 21.4 Å². The summed E-state index contributed by atoms with van der Waals surface area (Å²) in [6.45, 7) is 3.60. The molecule has 1 N–H and O–H groups in total. The summed E-state index contributed by atoms with van der Waals surface area (Å²) in [5.74, 6) is -0.529. The van der Waals surface area contributed by atoms with Crippen LogP contribution in [0.2, 0.25) is 5.02 Å². The normalized spacial score (nSPS) is 12.5. The van der Waals surface area contributed by atoms with Crippen molar-refractivity contribution in [2.75, 3.05) is 0 Å². The molecular formula is C11H13ClO3. The Morgan fingerprint density at radius 2 is 1.87 bits per heavy atom. The van der Waals surface area contributed by atoms with E-state index >= 15 is 0 Å². The van der Waals surface area contributed by atoms with Crippen LogP contribution in [0.25, 0.3) is 0 Å². The first-order chi connectivity index (χ1) is 7.00.